The average Bonchev–Trinajstić information content (AvgIpc) is 2.68. The lowest BCUT2D eigenvalue weighted by molar-refractivity contribution is 0.101. The van der Waals surface area contributed by atoms with E-state index in [-0.39, 0.29) is 11.5 Å². The lowest BCUT2D eigenvalue weighted by atomic mass is 10.2. The molecule has 7 heteroatoms. The summed E-state index contributed by atoms with van der Waals surface area (Å²) in [7, 11) is 0. The highest BCUT2D eigenvalue weighted by Crippen LogP contribution is 2.18. The SMILES string of the molecule is Cc1cc(I)ccc1NC(=O)c1nonc1N. The lowest BCUT2D eigenvalue weighted by Crippen LogP contribution is -2.15. The fourth-order valence-electron chi connectivity index (χ4n) is 1.30. The minimum absolute atomic E-state index is 0.0112. The summed E-state index contributed by atoms with van der Waals surface area (Å²) < 4.78 is 5.46. The van der Waals surface area contributed by atoms with Crippen LogP contribution in [0.1, 0.15) is 16.1 Å². The third kappa shape index (κ3) is 2.54. The Morgan fingerprint density at radius 1 is 1.47 bits per heavy atom. The molecule has 0 unspecified atom stereocenters. The molecule has 2 rings (SSSR count). The minimum atomic E-state index is -0.437. The van der Waals surface area contributed by atoms with E-state index in [0.29, 0.717) is 5.69 Å². The average molecular weight is 344 g/mol. The fourth-order valence-corrected chi connectivity index (χ4v) is 1.95. The van der Waals surface area contributed by atoms with E-state index in [0.717, 1.165) is 9.13 Å². The Kier molecular flexibility index (Phi) is 3.27. The summed E-state index contributed by atoms with van der Waals surface area (Å²) in [6, 6.07) is 5.67. The van der Waals surface area contributed by atoms with E-state index in [1.54, 1.807) is 0 Å². The molecule has 1 heterocycles. The molecule has 2 aromatic rings. The van der Waals surface area contributed by atoms with Crippen LogP contribution in [0.15, 0.2) is 22.8 Å². The van der Waals surface area contributed by atoms with Gasteiger partial charge in [-0.3, -0.25) is 4.79 Å². The molecule has 0 aliphatic heterocycles. The van der Waals surface area contributed by atoms with Crippen molar-refractivity contribution < 1.29 is 9.42 Å². The number of halogens is 1. The van der Waals surface area contributed by atoms with Crippen LogP contribution in [0.2, 0.25) is 0 Å². The molecule has 0 fully saturated rings. The molecule has 0 aliphatic carbocycles. The van der Waals surface area contributed by atoms with Gasteiger partial charge in [-0.25, -0.2) is 4.63 Å². The highest BCUT2D eigenvalue weighted by Gasteiger charge is 2.16. The van der Waals surface area contributed by atoms with Crippen LogP contribution in [-0.2, 0) is 0 Å². The number of nitrogens with one attached hydrogen (secondary N) is 1. The molecular weight excluding hydrogens is 335 g/mol. The predicted molar refractivity (Wildman–Crippen MR) is 70.6 cm³/mol. The number of nitrogens with zero attached hydrogens (tertiary/aromatic N) is 2. The number of hydrogen-bond acceptors (Lipinski definition) is 5. The van der Waals surface area contributed by atoms with Crippen molar-refractivity contribution in [3.63, 3.8) is 0 Å². The van der Waals surface area contributed by atoms with Crippen molar-refractivity contribution in [3.05, 3.63) is 33.0 Å². The zero-order valence-corrected chi connectivity index (χ0v) is 11.1. The minimum Gasteiger partial charge on any atom is -0.379 e. The Hall–Kier alpha value is -1.64. The van der Waals surface area contributed by atoms with Crippen LogP contribution < -0.4 is 11.1 Å². The standard InChI is InChI=1S/C10H9IN4O2/c1-5-4-6(11)2-3-7(5)13-10(16)8-9(12)15-17-14-8/h2-4H,1H3,(H2,12,15)(H,13,16). The van der Waals surface area contributed by atoms with E-state index >= 15 is 0 Å². The Morgan fingerprint density at radius 2 is 2.24 bits per heavy atom. The molecule has 0 atom stereocenters. The van der Waals surface area contributed by atoms with Crippen molar-refractivity contribution in [3.8, 4) is 0 Å². The molecule has 0 spiro atoms. The van der Waals surface area contributed by atoms with Crippen LogP contribution in [0.25, 0.3) is 0 Å². The molecular formula is C10H9IN4O2. The highest BCUT2D eigenvalue weighted by molar-refractivity contribution is 14.1. The molecule has 0 bridgehead atoms. The number of benzene rings is 1. The van der Waals surface area contributed by atoms with Gasteiger partial charge in [-0.2, -0.15) is 0 Å². The normalized spacial score (nSPS) is 10.2. The zero-order valence-electron chi connectivity index (χ0n) is 8.90. The first-order valence-electron chi connectivity index (χ1n) is 4.73. The monoisotopic (exact) mass is 344 g/mol. The molecule has 0 saturated heterocycles. The predicted octanol–water partition coefficient (Wildman–Crippen LogP) is 1.82. The van der Waals surface area contributed by atoms with E-state index in [2.05, 4.69) is 42.9 Å². The van der Waals surface area contributed by atoms with E-state index in [1.165, 1.54) is 0 Å². The number of amides is 1. The van der Waals surface area contributed by atoms with Gasteiger partial charge >= 0.3 is 0 Å². The summed E-state index contributed by atoms with van der Waals surface area (Å²) >= 11 is 2.20. The number of carbonyl (C=O) groups excluding carboxylic acids is 1. The van der Waals surface area contributed by atoms with Crippen LogP contribution >= 0.6 is 22.6 Å². The molecule has 0 aliphatic rings. The van der Waals surface area contributed by atoms with Gasteiger partial charge in [-0.05, 0) is 63.6 Å². The van der Waals surface area contributed by atoms with Crippen molar-refractivity contribution in [1.29, 1.82) is 0 Å². The molecule has 88 valence electrons. The number of anilines is 2. The number of hydrogen-bond donors (Lipinski definition) is 2. The number of aryl methyl sites for hydroxylation is 1. The van der Waals surface area contributed by atoms with Gasteiger partial charge in [0, 0.05) is 9.26 Å². The van der Waals surface area contributed by atoms with Gasteiger partial charge in [-0.1, -0.05) is 0 Å². The first kappa shape index (κ1) is 11.8. The second kappa shape index (κ2) is 4.70. The number of aromatic nitrogens is 2. The Morgan fingerprint density at radius 3 is 2.82 bits per heavy atom. The maximum Gasteiger partial charge on any atom is 0.281 e. The molecule has 17 heavy (non-hydrogen) atoms. The van der Waals surface area contributed by atoms with E-state index in [4.69, 9.17) is 5.73 Å². The topological polar surface area (TPSA) is 94.0 Å². The molecule has 6 nitrogen and oxygen atoms in total. The van der Waals surface area contributed by atoms with Gasteiger partial charge < -0.3 is 11.1 Å². The summed E-state index contributed by atoms with van der Waals surface area (Å²) in [5.74, 6) is -0.460. The third-order valence-corrected chi connectivity index (χ3v) is 2.84. The number of nitrogen functional groups attached to an aromatic ring is 1. The summed E-state index contributed by atoms with van der Waals surface area (Å²) in [6.07, 6.45) is 0. The van der Waals surface area contributed by atoms with E-state index in [9.17, 15) is 4.79 Å². The molecule has 3 N–H and O–H groups in total. The number of rotatable bonds is 2. The van der Waals surface area contributed by atoms with Gasteiger partial charge in [0.25, 0.3) is 5.91 Å². The number of nitrogens with two attached hydrogens (primary N) is 1. The lowest BCUT2D eigenvalue weighted by Gasteiger charge is -2.06. The van der Waals surface area contributed by atoms with Crippen LogP contribution in [-0.4, -0.2) is 16.2 Å². The van der Waals surface area contributed by atoms with Gasteiger partial charge in [-0.15, -0.1) is 0 Å². The second-order valence-corrected chi connectivity index (χ2v) is 4.66. The van der Waals surface area contributed by atoms with E-state index < -0.39 is 5.91 Å². The fraction of sp³-hybridized carbons (Fsp3) is 0.100. The molecule has 0 radical (unpaired) electrons. The van der Waals surface area contributed by atoms with Crippen LogP contribution in [0, 0.1) is 10.5 Å². The second-order valence-electron chi connectivity index (χ2n) is 3.41. The summed E-state index contributed by atoms with van der Waals surface area (Å²) in [5.41, 5.74) is 7.08. The van der Waals surface area contributed by atoms with Crippen molar-refractivity contribution in [2.45, 2.75) is 6.92 Å². The molecule has 1 aromatic heterocycles. The Bertz CT molecular complexity index is 567. The van der Waals surface area contributed by atoms with E-state index in [1.807, 2.05) is 25.1 Å². The van der Waals surface area contributed by atoms with Crippen molar-refractivity contribution in [1.82, 2.24) is 10.3 Å². The van der Waals surface area contributed by atoms with Gasteiger partial charge in [0.2, 0.25) is 11.5 Å². The van der Waals surface area contributed by atoms with Crippen molar-refractivity contribution in [2.75, 3.05) is 11.1 Å². The quantitative estimate of drug-likeness (QED) is 0.811. The van der Waals surface area contributed by atoms with Crippen molar-refractivity contribution in [2.24, 2.45) is 0 Å². The molecule has 0 saturated carbocycles. The van der Waals surface area contributed by atoms with Crippen LogP contribution in [0.5, 0.6) is 0 Å². The summed E-state index contributed by atoms with van der Waals surface area (Å²) in [4.78, 5) is 11.8. The summed E-state index contributed by atoms with van der Waals surface area (Å²) in [6.45, 7) is 1.90. The maximum atomic E-state index is 11.8. The first-order valence-corrected chi connectivity index (χ1v) is 5.81. The van der Waals surface area contributed by atoms with Gasteiger partial charge in [0.1, 0.15) is 0 Å². The smallest absolute Gasteiger partial charge is 0.281 e. The van der Waals surface area contributed by atoms with Gasteiger partial charge in [0.15, 0.2) is 0 Å². The Labute approximate surface area is 111 Å². The maximum absolute atomic E-state index is 11.8. The first-order chi connectivity index (χ1) is 8.08. The molecule has 1 aromatic carbocycles. The molecule has 1 amide bonds. The van der Waals surface area contributed by atoms with Crippen LogP contribution in [0.3, 0.4) is 0 Å². The largest absolute Gasteiger partial charge is 0.379 e. The van der Waals surface area contributed by atoms with Crippen molar-refractivity contribution >= 4 is 40.0 Å². The number of carbonyl (C=O) groups is 1. The summed E-state index contributed by atoms with van der Waals surface area (Å²) in [5, 5.41) is 9.48. The van der Waals surface area contributed by atoms with Gasteiger partial charge in [0.05, 0.1) is 0 Å². The Balaban J connectivity index is 2.22. The third-order valence-electron chi connectivity index (χ3n) is 2.17. The highest BCUT2D eigenvalue weighted by atomic mass is 127. The van der Waals surface area contributed by atoms with Crippen LogP contribution in [0.4, 0.5) is 11.5 Å². The zero-order chi connectivity index (χ0) is 12.4.